The quantitative estimate of drug-likeness (QED) is 0.371. The van der Waals surface area contributed by atoms with Gasteiger partial charge in [0.1, 0.15) is 12.2 Å². The van der Waals surface area contributed by atoms with Crippen LogP contribution in [0.1, 0.15) is 51.2 Å². The number of ether oxygens (including phenoxy) is 1. The van der Waals surface area contributed by atoms with Crippen LogP contribution in [0.25, 0.3) is 21.9 Å². The van der Waals surface area contributed by atoms with Crippen molar-refractivity contribution in [3.63, 3.8) is 0 Å². The number of benzene rings is 3. The third-order valence-corrected chi connectivity index (χ3v) is 7.81. The zero-order valence-corrected chi connectivity index (χ0v) is 20.2. The van der Waals surface area contributed by atoms with Crippen LogP contribution in [0.5, 0.6) is 11.8 Å². The topological polar surface area (TPSA) is 74.9 Å². The van der Waals surface area contributed by atoms with Gasteiger partial charge in [-0.15, -0.1) is 0 Å². The van der Waals surface area contributed by atoms with E-state index in [1.165, 1.54) is 4.57 Å². The minimum Gasteiger partial charge on any atom is -0.494 e. The smallest absolute Gasteiger partial charge is 0.200 e. The summed E-state index contributed by atoms with van der Waals surface area (Å²) in [6.07, 6.45) is 4.57. The second-order valence-corrected chi connectivity index (χ2v) is 10.1. The summed E-state index contributed by atoms with van der Waals surface area (Å²) in [6, 6.07) is 16.6. The molecule has 6 nitrogen and oxygen atoms in total. The zero-order chi connectivity index (χ0) is 24.7. The average Bonchev–Trinajstić information content (AvgIpc) is 3.64. The molecule has 0 radical (unpaired) electrons. The van der Waals surface area contributed by atoms with Gasteiger partial charge in [0.25, 0.3) is 0 Å². The van der Waals surface area contributed by atoms with Crippen LogP contribution in [-0.2, 0) is 17.7 Å². The average molecular weight is 479 g/mol. The fourth-order valence-corrected chi connectivity index (χ4v) is 5.99. The van der Waals surface area contributed by atoms with E-state index in [0.717, 1.165) is 50.7 Å². The van der Waals surface area contributed by atoms with Crippen molar-refractivity contribution in [2.75, 3.05) is 19.0 Å². The van der Waals surface area contributed by atoms with Gasteiger partial charge in [-0.1, -0.05) is 48.6 Å². The van der Waals surface area contributed by atoms with E-state index in [1.54, 1.807) is 0 Å². The highest BCUT2D eigenvalue weighted by molar-refractivity contribution is 6.14. The molecule has 3 heterocycles. The van der Waals surface area contributed by atoms with Gasteiger partial charge in [-0.3, -0.25) is 9.36 Å². The maximum atomic E-state index is 12.9. The number of rotatable bonds is 4. The molecule has 2 aliphatic heterocycles. The van der Waals surface area contributed by atoms with Gasteiger partial charge in [0, 0.05) is 37.3 Å². The minimum absolute atomic E-state index is 0.0529. The molecule has 3 aromatic carbocycles. The number of aromatic nitrogens is 1. The molecule has 1 aliphatic carbocycles. The highest BCUT2D eigenvalue weighted by Gasteiger charge is 2.42. The van der Waals surface area contributed by atoms with Gasteiger partial charge in [-0.05, 0) is 46.0 Å². The van der Waals surface area contributed by atoms with Crippen LogP contribution < -0.4 is 4.90 Å². The van der Waals surface area contributed by atoms with Crippen LogP contribution in [0.2, 0.25) is 0 Å². The molecule has 180 valence electrons. The van der Waals surface area contributed by atoms with Crippen molar-refractivity contribution in [3.8, 4) is 22.9 Å². The molecule has 1 aromatic heterocycles. The molecule has 2 atom stereocenters. The molecule has 4 aromatic rings. The molecule has 7 rings (SSSR count). The second kappa shape index (κ2) is 7.48. The van der Waals surface area contributed by atoms with E-state index < -0.39 is 0 Å². The molecule has 6 heteroatoms. The highest BCUT2D eigenvalue weighted by Crippen LogP contribution is 2.54. The molecule has 0 spiro atoms. The van der Waals surface area contributed by atoms with Crippen molar-refractivity contribution in [1.29, 1.82) is 0 Å². The van der Waals surface area contributed by atoms with Crippen LogP contribution in [0, 0.1) is 0 Å². The van der Waals surface area contributed by atoms with Crippen LogP contribution in [0.15, 0.2) is 60.7 Å². The number of aryl methyl sites for hydroxylation is 1. The van der Waals surface area contributed by atoms with E-state index in [-0.39, 0.29) is 29.8 Å². The Morgan fingerprint density at radius 3 is 2.28 bits per heavy atom. The largest absolute Gasteiger partial charge is 0.494 e. The molecule has 0 saturated carbocycles. The summed E-state index contributed by atoms with van der Waals surface area (Å²) in [5.41, 5.74) is 7.30. The molecule has 3 aliphatic rings. The fraction of sp³-hybridized carbons (Fsp3) is 0.233. The van der Waals surface area contributed by atoms with Gasteiger partial charge in [0.05, 0.1) is 17.7 Å². The number of carbonyl (C=O) groups is 1. The summed E-state index contributed by atoms with van der Waals surface area (Å²) in [4.78, 5) is 15.0. The number of hydrogen-bond acceptors (Lipinski definition) is 5. The third-order valence-electron chi connectivity index (χ3n) is 7.81. The van der Waals surface area contributed by atoms with E-state index in [4.69, 9.17) is 4.74 Å². The number of hydrogen-bond donors (Lipinski definition) is 2. The van der Waals surface area contributed by atoms with Crippen LogP contribution in [0.4, 0.5) is 5.69 Å². The first-order chi connectivity index (χ1) is 17.4. The summed E-state index contributed by atoms with van der Waals surface area (Å²) >= 11 is 0. The summed E-state index contributed by atoms with van der Waals surface area (Å²) < 4.78 is 7.28. The lowest BCUT2D eigenvalue weighted by Gasteiger charge is -2.17. The molecule has 0 amide bonds. The first-order valence-electron chi connectivity index (χ1n) is 12.3. The van der Waals surface area contributed by atoms with Gasteiger partial charge >= 0.3 is 0 Å². The molecule has 2 N–H and O–H groups in total. The van der Waals surface area contributed by atoms with Crippen molar-refractivity contribution >= 4 is 22.2 Å². The fourth-order valence-electron chi connectivity index (χ4n) is 5.99. The molecular weight excluding hydrogens is 452 g/mol. The Morgan fingerprint density at radius 1 is 0.917 bits per heavy atom. The molecule has 2 unspecified atom stereocenters. The van der Waals surface area contributed by atoms with Crippen LogP contribution in [-0.4, -0.2) is 34.7 Å². The number of anilines is 1. The van der Waals surface area contributed by atoms with Crippen molar-refractivity contribution in [2.45, 2.75) is 31.6 Å². The number of ketones is 1. The summed E-state index contributed by atoms with van der Waals surface area (Å²) in [6.45, 7) is 0.335. The molecule has 36 heavy (non-hydrogen) atoms. The van der Waals surface area contributed by atoms with E-state index in [0.29, 0.717) is 24.1 Å². The van der Waals surface area contributed by atoms with E-state index in [9.17, 15) is 15.0 Å². The number of Topliss-reactive ketones (excluding diaryl/α,β-unsaturated/α-hetero) is 1. The van der Waals surface area contributed by atoms with Gasteiger partial charge in [-0.25, -0.2) is 0 Å². The van der Waals surface area contributed by atoms with E-state index in [2.05, 4.69) is 29.2 Å². The van der Waals surface area contributed by atoms with Crippen molar-refractivity contribution < 1.29 is 19.7 Å². The molecule has 0 saturated heterocycles. The van der Waals surface area contributed by atoms with Gasteiger partial charge in [0.15, 0.2) is 5.78 Å². The zero-order valence-electron chi connectivity index (χ0n) is 20.2. The Hall–Kier alpha value is -4.03. The van der Waals surface area contributed by atoms with Crippen molar-refractivity contribution in [2.24, 2.45) is 0 Å². The lowest BCUT2D eigenvalue weighted by atomic mass is 9.90. The number of fused-ring (bicyclic) bond motifs is 7. The Morgan fingerprint density at radius 2 is 1.61 bits per heavy atom. The second-order valence-electron chi connectivity index (χ2n) is 10.1. The van der Waals surface area contributed by atoms with Gasteiger partial charge < -0.3 is 19.8 Å². The summed E-state index contributed by atoms with van der Waals surface area (Å²) in [5.74, 6) is 0.303. The predicted octanol–water partition coefficient (Wildman–Crippen LogP) is 5.64. The Bertz CT molecular complexity index is 1580. The predicted molar refractivity (Wildman–Crippen MR) is 139 cm³/mol. The number of carbonyl (C=O) groups excluding carboxylic acids is 1. The van der Waals surface area contributed by atoms with Crippen LogP contribution >= 0.6 is 0 Å². The first kappa shape index (κ1) is 21.3. The minimum atomic E-state index is -0.294. The standard InChI is InChI=1S/C30H26N2O4/c1-31(2)20-9-7-18-13-19-8-10-22(33)26(19)25(21(18)14-20)17-5-3-16(4-6-17)15-32-29(34)27-23-11-12-24(36-23)28(27)30(32)35/h3-7,9,11-14,23-24,34-35H,8,10,15H2,1-2H3. The number of nitrogens with zero attached hydrogens (tertiary/aromatic N) is 2. The lowest BCUT2D eigenvalue weighted by Crippen LogP contribution is -2.08. The molecular formula is C30H26N2O4. The highest BCUT2D eigenvalue weighted by atomic mass is 16.5. The van der Waals surface area contributed by atoms with E-state index in [1.807, 2.05) is 50.5 Å². The Balaban J connectivity index is 1.30. The maximum absolute atomic E-state index is 12.9. The van der Waals surface area contributed by atoms with Crippen molar-refractivity contribution in [1.82, 2.24) is 4.57 Å². The van der Waals surface area contributed by atoms with Gasteiger partial charge in [-0.2, -0.15) is 0 Å². The van der Waals surface area contributed by atoms with Crippen LogP contribution in [0.3, 0.4) is 0 Å². The number of aromatic hydroxyl groups is 2. The lowest BCUT2D eigenvalue weighted by molar-refractivity contribution is 0.0838. The van der Waals surface area contributed by atoms with Gasteiger partial charge in [0.2, 0.25) is 11.8 Å². The SMILES string of the molecule is CN(C)c1ccc2cc3c(c(-c4ccc(Cn5c(O)c6c(c5O)C5C=CC6O5)cc4)c2c1)C(=O)CC3. The summed E-state index contributed by atoms with van der Waals surface area (Å²) in [7, 11) is 4.04. The summed E-state index contributed by atoms with van der Waals surface area (Å²) in [5, 5.41) is 23.8. The maximum Gasteiger partial charge on any atom is 0.200 e. The molecule has 0 fully saturated rings. The molecule has 2 bridgehead atoms. The first-order valence-corrected chi connectivity index (χ1v) is 12.3. The third kappa shape index (κ3) is 2.91. The Kier molecular flexibility index (Phi) is 4.42. The monoisotopic (exact) mass is 478 g/mol. The van der Waals surface area contributed by atoms with Crippen molar-refractivity contribution in [3.05, 3.63) is 88.5 Å². The normalized spacial score (nSPS) is 19.3. The van der Waals surface area contributed by atoms with E-state index >= 15 is 0 Å². The Labute approximate surface area is 208 Å².